The van der Waals surface area contributed by atoms with Gasteiger partial charge in [-0.2, -0.15) is 0 Å². The SMILES string of the molecule is CCOC(=O)CCCNCCC12CC3CC(CC(C3)C1)C2. The number of carbonyl (C=O) groups excluding carboxylic acids is 1. The molecule has 0 amide bonds. The fourth-order valence-corrected chi connectivity index (χ4v) is 5.67. The fourth-order valence-electron chi connectivity index (χ4n) is 5.67. The standard InChI is InChI=1S/C18H31NO2/c1-2-21-17(20)4-3-6-19-7-5-18-11-14-8-15(12-18)10-16(9-14)13-18/h14-16,19H,2-13H2,1H3. The van der Waals surface area contributed by atoms with Gasteiger partial charge in [0, 0.05) is 6.42 Å². The molecule has 4 rings (SSSR count). The third-order valence-electron chi connectivity index (χ3n) is 6.04. The van der Waals surface area contributed by atoms with E-state index in [1.807, 2.05) is 6.92 Å². The van der Waals surface area contributed by atoms with E-state index in [-0.39, 0.29) is 5.97 Å². The van der Waals surface area contributed by atoms with Crippen molar-refractivity contribution in [2.45, 2.75) is 64.7 Å². The Morgan fingerprint density at radius 3 is 2.29 bits per heavy atom. The van der Waals surface area contributed by atoms with E-state index in [1.54, 1.807) is 0 Å². The van der Waals surface area contributed by atoms with Crippen LogP contribution in [0.25, 0.3) is 0 Å². The van der Waals surface area contributed by atoms with Gasteiger partial charge in [0.15, 0.2) is 0 Å². The molecule has 3 nitrogen and oxygen atoms in total. The molecule has 21 heavy (non-hydrogen) atoms. The molecule has 0 aromatic heterocycles. The molecule has 4 bridgehead atoms. The Hall–Kier alpha value is -0.570. The van der Waals surface area contributed by atoms with Crippen LogP contribution in [0.5, 0.6) is 0 Å². The Balaban J connectivity index is 1.32. The molecule has 120 valence electrons. The minimum absolute atomic E-state index is 0.0552. The Morgan fingerprint density at radius 2 is 1.71 bits per heavy atom. The van der Waals surface area contributed by atoms with Crippen LogP contribution in [0, 0.1) is 23.2 Å². The van der Waals surface area contributed by atoms with Crippen molar-refractivity contribution in [1.29, 1.82) is 0 Å². The first kappa shape index (κ1) is 15.3. The van der Waals surface area contributed by atoms with Crippen LogP contribution in [0.15, 0.2) is 0 Å². The fraction of sp³-hybridized carbons (Fsp3) is 0.944. The maximum atomic E-state index is 11.3. The van der Waals surface area contributed by atoms with Gasteiger partial charge >= 0.3 is 5.97 Å². The summed E-state index contributed by atoms with van der Waals surface area (Å²) in [5, 5.41) is 3.55. The van der Waals surface area contributed by atoms with Gasteiger partial charge < -0.3 is 10.1 Å². The topological polar surface area (TPSA) is 38.3 Å². The minimum Gasteiger partial charge on any atom is -0.466 e. The van der Waals surface area contributed by atoms with E-state index in [2.05, 4.69) is 5.32 Å². The molecule has 1 N–H and O–H groups in total. The van der Waals surface area contributed by atoms with Crippen LogP contribution in [0.4, 0.5) is 0 Å². The summed E-state index contributed by atoms with van der Waals surface area (Å²) in [7, 11) is 0. The molecule has 0 saturated heterocycles. The van der Waals surface area contributed by atoms with E-state index in [0.29, 0.717) is 18.4 Å². The second kappa shape index (κ2) is 6.68. The van der Waals surface area contributed by atoms with Crippen LogP contribution in [0.2, 0.25) is 0 Å². The van der Waals surface area contributed by atoms with Crippen LogP contribution in [-0.4, -0.2) is 25.7 Å². The van der Waals surface area contributed by atoms with Crippen molar-refractivity contribution in [1.82, 2.24) is 5.32 Å². The largest absolute Gasteiger partial charge is 0.466 e. The predicted octanol–water partition coefficient (Wildman–Crippen LogP) is 3.53. The first-order valence-corrected chi connectivity index (χ1v) is 9.05. The van der Waals surface area contributed by atoms with Crippen LogP contribution in [0.1, 0.15) is 64.7 Å². The summed E-state index contributed by atoms with van der Waals surface area (Å²) in [4.78, 5) is 11.3. The quantitative estimate of drug-likeness (QED) is 0.549. The van der Waals surface area contributed by atoms with Crippen molar-refractivity contribution >= 4 is 5.97 Å². The summed E-state index contributed by atoms with van der Waals surface area (Å²) in [6, 6.07) is 0. The highest BCUT2D eigenvalue weighted by molar-refractivity contribution is 5.69. The van der Waals surface area contributed by atoms with Gasteiger partial charge in [0.25, 0.3) is 0 Å². The van der Waals surface area contributed by atoms with E-state index in [1.165, 1.54) is 44.9 Å². The number of esters is 1. The van der Waals surface area contributed by atoms with Crippen molar-refractivity contribution in [2.75, 3.05) is 19.7 Å². The number of hydrogen-bond donors (Lipinski definition) is 1. The zero-order chi connectivity index (χ0) is 14.7. The number of nitrogens with one attached hydrogen (secondary N) is 1. The Kier molecular flexibility index (Phi) is 4.88. The van der Waals surface area contributed by atoms with Gasteiger partial charge in [-0.25, -0.2) is 0 Å². The highest BCUT2D eigenvalue weighted by Crippen LogP contribution is 2.61. The maximum Gasteiger partial charge on any atom is 0.305 e. The third kappa shape index (κ3) is 3.80. The number of rotatable bonds is 8. The van der Waals surface area contributed by atoms with Gasteiger partial charge in [-0.1, -0.05) is 0 Å². The van der Waals surface area contributed by atoms with Gasteiger partial charge in [0.05, 0.1) is 6.61 Å². The molecule has 0 radical (unpaired) electrons. The van der Waals surface area contributed by atoms with Gasteiger partial charge in [-0.3, -0.25) is 4.79 Å². The van der Waals surface area contributed by atoms with E-state index in [0.717, 1.165) is 37.3 Å². The molecule has 0 aliphatic heterocycles. The van der Waals surface area contributed by atoms with Crippen LogP contribution >= 0.6 is 0 Å². The normalized spacial score (nSPS) is 36.9. The molecule has 0 heterocycles. The Morgan fingerprint density at radius 1 is 1.10 bits per heavy atom. The van der Waals surface area contributed by atoms with Crippen LogP contribution in [-0.2, 0) is 9.53 Å². The van der Waals surface area contributed by atoms with E-state index in [4.69, 9.17) is 4.74 Å². The van der Waals surface area contributed by atoms with Crippen molar-refractivity contribution in [3.63, 3.8) is 0 Å². The number of hydrogen-bond acceptors (Lipinski definition) is 3. The monoisotopic (exact) mass is 293 g/mol. The zero-order valence-electron chi connectivity index (χ0n) is 13.5. The first-order valence-electron chi connectivity index (χ1n) is 9.05. The van der Waals surface area contributed by atoms with Crippen LogP contribution < -0.4 is 5.32 Å². The summed E-state index contributed by atoms with van der Waals surface area (Å²) in [6.45, 7) is 4.44. The highest BCUT2D eigenvalue weighted by atomic mass is 16.5. The first-order chi connectivity index (χ1) is 10.2. The maximum absolute atomic E-state index is 11.3. The summed E-state index contributed by atoms with van der Waals surface area (Å²) in [6.07, 6.45) is 11.9. The van der Waals surface area contributed by atoms with Gasteiger partial charge in [-0.15, -0.1) is 0 Å². The average molecular weight is 293 g/mol. The molecule has 4 aliphatic rings. The van der Waals surface area contributed by atoms with Crippen molar-refractivity contribution in [3.05, 3.63) is 0 Å². The van der Waals surface area contributed by atoms with E-state index in [9.17, 15) is 4.79 Å². The molecule has 4 fully saturated rings. The van der Waals surface area contributed by atoms with E-state index < -0.39 is 0 Å². The zero-order valence-corrected chi connectivity index (χ0v) is 13.5. The summed E-state index contributed by atoms with van der Waals surface area (Å²) in [5.74, 6) is 3.11. The lowest BCUT2D eigenvalue weighted by Crippen LogP contribution is -2.47. The molecule has 0 spiro atoms. The van der Waals surface area contributed by atoms with Gasteiger partial charge in [0.1, 0.15) is 0 Å². The lowest BCUT2D eigenvalue weighted by molar-refractivity contribution is -0.143. The van der Waals surface area contributed by atoms with Crippen LogP contribution in [0.3, 0.4) is 0 Å². The molecule has 0 unspecified atom stereocenters. The summed E-state index contributed by atoms with van der Waals surface area (Å²) >= 11 is 0. The lowest BCUT2D eigenvalue weighted by atomic mass is 9.49. The van der Waals surface area contributed by atoms with E-state index >= 15 is 0 Å². The average Bonchev–Trinajstić information content (AvgIpc) is 2.41. The molecular weight excluding hydrogens is 262 g/mol. The molecule has 0 aromatic rings. The smallest absolute Gasteiger partial charge is 0.305 e. The second-order valence-corrected chi connectivity index (χ2v) is 7.83. The number of ether oxygens (including phenoxy) is 1. The predicted molar refractivity (Wildman–Crippen MR) is 84.0 cm³/mol. The van der Waals surface area contributed by atoms with Crippen molar-refractivity contribution in [3.8, 4) is 0 Å². The third-order valence-corrected chi connectivity index (χ3v) is 6.04. The Bertz CT molecular complexity index is 331. The molecule has 3 heteroatoms. The Labute approximate surface area is 129 Å². The van der Waals surface area contributed by atoms with Crippen molar-refractivity contribution < 1.29 is 9.53 Å². The molecule has 0 atom stereocenters. The molecular formula is C18H31NO2. The summed E-state index contributed by atoms with van der Waals surface area (Å²) in [5.41, 5.74) is 0.683. The molecule has 4 saturated carbocycles. The summed E-state index contributed by atoms with van der Waals surface area (Å²) < 4.78 is 4.95. The van der Waals surface area contributed by atoms with Crippen molar-refractivity contribution in [2.24, 2.45) is 23.2 Å². The minimum atomic E-state index is -0.0552. The lowest BCUT2D eigenvalue weighted by Gasteiger charge is -2.57. The molecule has 0 aromatic carbocycles. The number of carbonyl (C=O) groups is 1. The van der Waals surface area contributed by atoms with Gasteiger partial charge in [-0.05, 0) is 94.5 Å². The highest BCUT2D eigenvalue weighted by Gasteiger charge is 2.50. The van der Waals surface area contributed by atoms with Gasteiger partial charge in [0.2, 0.25) is 0 Å². The molecule has 4 aliphatic carbocycles. The second-order valence-electron chi connectivity index (χ2n) is 7.83.